The van der Waals surface area contributed by atoms with Crippen molar-refractivity contribution >= 4 is 26.0 Å². The van der Waals surface area contributed by atoms with Crippen molar-refractivity contribution in [2.24, 2.45) is 7.05 Å². The van der Waals surface area contributed by atoms with Crippen molar-refractivity contribution in [2.45, 2.75) is 18.5 Å². The minimum absolute atomic E-state index is 0.0271. The van der Waals surface area contributed by atoms with Crippen molar-refractivity contribution in [2.75, 3.05) is 6.54 Å². The largest absolute Gasteiger partial charge is 0.263 e. The van der Waals surface area contributed by atoms with Crippen molar-refractivity contribution in [3.63, 3.8) is 0 Å². The number of aromatic nitrogens is 3. The highest BCUT2D eigenvalue weighted by molar-refractivity contribution is 9.10. The van der Waals surface area contributed by atoms with Crippen molar-refractivity contribution in [1.29, 1.82) is 0 Å². The highest BCUT2D eigenvalue weighted by Crippen LogP contribution is 2.23. The summed E-state index contributed by atoms with van der Waals surface area (Å²) >= 11 is 3.09. The van der Waals surface area contributed by atoms with E-state index in [1.54, 1.807) is 19.1 Å². The highest BCUT2D eigenvalue weighted by Gasteiger charge is 2.30. The predicted molar refractivity (Wildman–Crippen MR) is 78.4 cm³/mol. The molecule has 1 aromatic heterocycles. The van der Waals surface area contributed by atoms with Gasteiger partial charge in [-0.1, -0.05) is 24.3 Å². The van der Waals surface area contributed by atoms with E-state index in [1.165, 1.54) is 28.2 Å². The molecule has 0 atom stereocenters. The van der Waals surface area contributed by atoms with Crippen molar-refractivity contribution in [3.05, 3.63) is 40.2 Å². The lowest BCUT2D eigenvalue weighted by atomic mass is 10.2. The molecule has 0 bridgehead atoms. The topological polar surface area (TPSA) is 68.1 Å². The molecule has 1 aromatic carbocycles. The molecule has 0 aliphatic carbocycles. The molecule has 2 aromatic rings. The maximum atomic E-state index is 13.2. The van der Waals surface area contributed by atoms with Crippen LogP contribution in [0.1, 0.15) is 12.5 Å². The molecule has 0 spiro atoms. The molecular formula is C12H14BrFN4O2S. The third-order valence-electron chi connectivity index (χ3n) is 2.92. The Labute approximate surface area is 130 Å². The maximum absolute atomic E-state index is 13.2. The second-order valence-corrected chi connectivity index (χ2v) is 6.97. The fourth-order valence-electron chi connectivity index (χ4n) is 1.92. The van der Waals surface area contributed by atoms with Crippen LogP contribution in [0.3, 0.4) is 0 Å². The zero-order valence-electron chi connectivity index (χ0n) is 11.5. The Morgan fingerprint density at radius 1 is 1.43 bits per heavy atom. The van der Waals surface area contributed by atoms with Crippen molar-refractivity contribution < 1.29 is 12.8 Å². The fourth-order valence-corrected chi connectivity index (χ4v) is 4.39. The van der Waals surface area contributed by atoms with Gasteiger partial charge in [-0.3, -0.25) is 0 Å². The van der Waals surface area contributed by atoms with E-state index in [0.29, 0.717) is 5.56 Å². The smallest absolute Gasteiger partial charge is 0.235 e. The molecule has 9 heteroatoms. The first-order valence-corrected chi connectivity index (χ1v) is 8.39. The van der Waals surface area contributed by atoms with Gasteiger partial charge in [0.2, 0.25) is 5.03 Å². The van der Waals surface area contributed by atoms with E-state index >= 15 is 0 Å². The van der Waals surface area contributed by atoms with Crippen LogP contribution in [0.4, 0.5) is 4.39 Å². The molecule has 0 radical (unpaired) electrons. The molecular weight excluding hydrogens is 363 g/mol. The third kappa shape index (κ3) is 3.30. The molecule has 0 unspecified atom stereocenters. The summed E-state index contributed by atoms with van der Waals surface area (Å²) in [5.74, 6) is -0.399. The van der Waals surface area contributed by atoms with Gasteiger partial charge in [-0.25, -0.2) is 17.5 Å². The van der Waals surface area contributed by atoms with Crippen LogP contribution >= 0.6 is 15.9 Å². The number of benzene rings is 1. The molecule has 2 rings (SSSR count). The highest BCUT2D eigenvalue weighted by atomic mass is 79.9. The van der Waals surface area contributed by atoms with Gasteiger partial charge in [0.05, 0.1) is 0 Å². The van der Waals surface area contributed by atoms with Gasteiger partial charge in [0, 0.05) is 20.1 Å². The minimum Gasteiger partial charge on any atom is -0.235 e. The summed E-state index contributed by atoms with van der Waals surface area (Å²) in [5, 5.41) is 7.33. The second-order valence-electron chi connectivity index (χ2n) is 4.37. The van der Waals surface area contributed by atoms with Crippen LogP contribution < -0.4 is 0 Å². The quantitative estimate of drug-likeness (QED) is 0.799. The number of rotatable bonds is 5. The van der Waals surface area contributed by atoms with Crippen LogP contribution in [0.5, 0.6) is 0 Å². The summed E-state index contributed by atoms with van der Waals surface area (Å²) in [6, 6.07) is 5.86. The Hall–Kier alpha value is -1.32. The van der Waals surface area contributed by atoms with Gasteiger partial charge in [0.15, 0.2) is 4.60 Å². The average molecular weight is 377 g/mol. The summed E-state index contributed by atoms with van der Waals surface area (Å²) in [7, 11) is -2.28. The van der Waals surface area contributed by atoms with E-state index < -0.39 is 15.8 Å². The van der Waals surface area contributed by atoms with Crippen molar-refractivity contribution in [3.8, 4) is 0 Å². The fraction of sp³-hybridized carbons (Fsp3) is 0.333. The Balaban J connectivity index is 2.37. The Kier molecular flexibility index (Phi) is 4.74. The van der Waals surface area contributed by atoms with E-state index in [4.69, 9.17) is 0 Å². The molecule has 6 nitrogen and oxygen atoms in total. The minimum atomic E-state index is -3.78. The van der Waals surface area contributed by atoms with Crippen LogP contribution in [0.15, 0.2) is 33.9 Å². The summed E-state index contributed by atoms with van der Waals surface area (Å²) in [6.45, 7) is 2.04. The molecule has 0 aliphatic rings. The molecule has 0 amide bonds. The Morgan fingerprint density at radius 3 is 2.67 bits per heavy atom. The molecule has 1 heterocycles. The van der Waals surface area contributed by atoms with Gasteiger partial charge in [-0.15, -0.1) is 5.10 Å². The number of hydrogen-bond acceptors (Lipinski definition) is 4. The molecule has 0 N–H and O–H groups in total. The van der Waals surface area contributed by atoms with Crippen LogP contribution in [-0.4, -0.2) is 34.3 Å². The first-order valence-electron chi connectivity index (χ1n) is 6.16. The van der Waals surface area contributed by atoms with Crippen LogP contribution in [0, 0.1) is 5.82 Å². The Morgan fingerprint density at radius 2 is 2.14 bits per heavy atom. The second kappa shape index (κ2) is 6.20. The summed E-state index contributed by atoms with van der Waals surface area (Å²) in [6.07, 6.45) is 0. The van der Waals surface area contributed by atoms with Crippen LogP contribution in [0.25, 0.3) is 0 Å². The van der Waals surface area contributed by atoms with Gasteiger partial charge < -0.3 is 0 Å². The number of nitrogens with zero attached hydrogens (tertiary/aromatic N) is 4. The average Bonchev–Trinajstić information content (AvgIpc) is 2.76. The Bertz CT molecular complexity index is 728. The van der Waals surface area contributed by atoms with Crippen LogP contribution in [-0.2, 0) is 23.6 Å². The van der Waals surface area contributed by atoms with Gasteiger partial charge >= 0.3 is 0 Å². The summed E-state index contributed by atoms with van der Waals surface area (Å²) in [5.41, 5.74) is 0.576. The molecule has 0 fully saturated rings. The molecule has 21 heavy (non-hydrogen) atoms. The lowest BCUT2D eigenvalue weighted by Gasteiger charge is -2.20. The lowest BCUT2D eigenvalue weighted by Crippen LogP contribution is -2.32. The maximum Gasteiger partial charge on any atom is 0.263 e. The van der Waals surface area contributed by atoms with Gasteiger partial charge in [-0.05, 0) is 33.6 Å². The van der Waals surface area contributed by atoms with E-state index in [0.717, 1.165) is 0 Å². The zero-order valence-corrected chi connectivity index (χ0v) is 13.9. The summed E-state index contributed by atoms with van der Waals surface area (Å²) < 4.78 is 41.1. The molecule has 0 saturated heterocycles. The number of hydrogen-bond donors (Lipinski definition) is 0. The first-order chi connectivity index (χ1) is 9.86. The first kappa shape index (κ1) is 16.1. The number of aryl methyl sites for hydroxylation is 1. The van der Waals surface area contributed by atoms with E-state index in [-0.39, 0.29) is 22.7 Å². The van der Waals surface area contributed by atoms with Crippen molar-refractivity contribution in [1.82, 2.24) is 19.3 Å². The molecule has 114 valence electrons. The normalized spacial score (nSPS) is 12.0. The molecule has 0 saturated carbocycles. The predicted octanol–water partition coefficient (Wildman–Crippen LogP) is 1.93. The monoisotopic (exact) mass is 376 g/mol. The molecule has 0 aliphatic heterocycles. The standard InChI is InChI=1S/C12H14BrFN4O2S/c1-3-18(8-9-5-4-6-10(14)7-9)21(19,20)12-11(13)15-16-17(12)2/h4-7H,3,8H2,1-2H3. The zero-order chi connectivity index (χ0) is 15.6. The summed E-state index contributed by atoms with van der Waals surface area (Å²) in [4.78, 5) is 0. The number of halogens is 2. The van der Waals surface area contributed by atoms with E-state index in [2.05, 4.69) is 26.2 Å². The van der Waals surface area contributed by atoms with E-state index in [9.17, 15) is 12.8 Å². The van der Waals surface area contributed by atoms with E-state index in [1.807, 2.05) is 0 Å². The third-order valence-corrected chi connectivity index (χ3v) is 5.73. The lowest BCUT2D eigenvalue weighted by molar-refractivity contribution is 0.415. The van der Waals surface area contributed by atoms with Gasteiger partial charge in [0.1, 0.15) is 5.82 Å². The van der Waals surface area contributed by atoms with Crippen LogP contribution in [0.2, 0.25) is 0 Å². The van der Waals surface area contributed by atoms with Gasteiger partial charge in [0.25, 0.3) is 10.0 Å². The number of sulfonamides is 1. The SMILES string of the molecule is CCN(Cc1cccc(F)c1)S(=O)(=O)c1c(Br)nnn1C. The van der Waals surface area contributed by atoms with Gasteiger partial charge in [-0.2, -0.15) is 4.31 Å².